The van der Waals surface area contributed by atoms with Gasteiger partial charge < -0.3 is 29.6 Å². The van der Waals surface area contributed by atoms with Gasteiger partial charge in [0, 0.05) is 17.7 Å². The number of methoxy groups -OCH3 is 3. The van der Waals surface area contributed by atoms with Gasteiger partial charge in [-0.3, -0.25) is 4.79 Å². The molecule has 3 aromatic carbocycles. The monoisotopic (exact) mass is 578 g/mol. The van der Waals surface area contributed by atoms with Crippen LogP contribution in [-0.4, -0.2) is 33.7 Å². The number of nitrogens with one attached hydrogen (secondary N) is 2. The largest absolute Gasteiger partial charge is 0.493 e. The SMILES string of the molecule is CCOc1c(Br)cc(C2Nc3ccccc3NC3=C2C(=O)CC(c2ccc(OC)c(OC)c2)C3)cc1OC. The van der Waals surface area contributed by atoms with Gasteiger partial charge in [-0.25, -0.2) is 0 Å². The summed E-state index contributed by atoms with van der Waals surface area (Å²) in [5.74, 6) is 2.66. The number of ether oxygens (including phenoxy) is 4. The Labute approximate surface area is 231 Å². The Kier molecular flexibility index (Phi) is 7.51. The summed E-state index contributed by atoms with van der Waals surface area (Å²) in [6.45, 7) is 2.44. The number of Topliss-reactive ketones (excluding diaryl/α,β-unsaturated/α-hetero) is 1. The molecule has 8 heteroatoms. The summed E-state index contributed by atoms with van der Waals surface area (Å²) in [5, 5.41) is 7.22. The highest BCUT2D eigenvalue weighted by molar-refractivity contribution is 9.10. The number of benzene rings is 3. The highest BCUT2D eigenvalue weighted by atomic mass is 79.9. The van der Waals surface area contributed by atoms with Gasteiger partial charge in [-0.05, 0) is 82.7 Å². The Morgan fingerprint density at radius 1 is 0.868 bits per heavy atom. The second kappa shape index (κ2) is 11.0. The van der Waals surface area contributed by atoms with Crippen LogP contribution in [0.2, 0.25) is 0 Å². The van der Waals surface area contributed by atoms with Crippen molar-refractivity contribution in [3.63, 3.8) is 0 Å². The van der Waals surface area contributed by atoms with Gasteiger partial charge in [-0.1, -0.05) is 18.2 Å². The van der Waals surface area contributed by atoms with E-state index in [4.69, 9.17) is 18.9 Å². The summed E-state index contributed by atoms with van der Waals surface area (Å²) in [4.78, 5) is 13.9. The van der Waals surface area contributed by atoms with E-state index >= 15 is 0 Å². The molecule has 2 N–H and O–H groups in total. The van der Waals surface area contributed by atoms with E-state index in [1.54, 1.807) is 21.3 Å². The first-order valence-electron chi connectivity index (χ1n) is 12.6. The number of carbonyl (C=O) groups is 1. The number of allylic oxidation sites excluding steroid dienone is 1. The molecule has 5 rings (SSSR count). The van der Waals surface area contributed by atoms with Gasteiger partial charge >= 0.3 is 0 Å². The third-order valence-corrected chi connectivity index (χ3v) is 7.65. The van der Waals surface area contributed by atoms with Crippen LogP contribution in [0.4, 0.5) is 11.4 Å². The van der Waals surface area contributed by atoms with Crippen LogP contribution in [0.3, 0.4) is 0 Å². The van der Waals surface area contributed by atoms with E-state index in [0.29, 0.717) is 42.4 Å². The van der Waals surface area contributed by atoms with Crippen molar-refractivity contribution in [3.05, 3.63) is 81.5 Å². The average Bonchev–Trinajstić information content (AvgIpc) is 3.10. The Morgan fingerprint density at radius 3 is 2.29 bits per heavy atom. The van der Waals surface area contributed by atoms with Crippen molar-refractivity contribution in [3.8, 4) is 23.0 Å². The Morgan fingerprint density at radius 2 is 1.58 bits per heavy atom. The highest BCUT2D eigenvalue weighted by Crippen LogP contribution is 2.47. The zero-order valence-corrected chi connectivity index (χ0v) is 23.5. The number of hydrogen-bond donors (Lipinski definition) is 2. The van der Waals surface area contributed by atoms with Gasteiger partial charge in [0.15, 0.2) is 28.8 Å². The maximum Gasteiger partial charge on any atom is 0.175 e. The van der Waals surface area contributed by atoms with E-state index in [1.807, 2.05) is 61.5 Å². The molecular weight excluding hydrogens is 548 g/mol. The first kappa shape index (κ1) is 26.0. The number of hydrogen-bond acceptors (Lipinski definition) is 7. The van der Waals surface area contributed by atoms with Gasteiger partial charge in [-0.2, -0.15) is 0 Å². The Bertz CT molecular complexity index is 1400. The lowest BCUT2D eigenvalue weighted by atomic mass is 9.78. The van der Waals surface area contributed by atoms with Crippen LogP contribution in [-0.2, 0) is 4.79 Å². The lowest BCUT2D eigenvalue weighted by Crippen LogP contribution is -2.27. The summed E-state index contributed by atoms with van der Waals surface area (Å²) in [6, 6.07) is 17.5. The molecule has 0 radical (unpaired) electrons. The van der Waals surface area contributed by atoms with Gasteiger partial charge in [0.2, 0.25) is 0 Å². The Hall–Kier alpha value is -3.65. The van der Waals surface area contributed by atoms with Crippen molar-refractivity contribution in [1.82, 2.24) is 0 Å². The first-order valence-corrected chi connectivity index (χ1v) is 13.4. The number of carbonyl (C=O) groups excluding carboxylic acids is 1. The van der Waals surface area contributed by atoms with Crippen molar-refractivity contribution in [1.29, 1.82) is 0 Å². The van der Waals surface area contributed by atoms with Crippen molar-refractivity contribution in [2.75, 3.05) is 38.6 Å². The fraction of sp³-hybridized carbons (Fsp3) is 0.300. The summed E-state index contributed by atoms with van der Waals surface area (Å²) in [5.41, 5.74) is 5.44. The van der Waals surface area contributed by atoms with Crippen LogP contribution in [0, 0.1) is 0 Å². The number of para-hydroxylation sites is 2. The van der Waals surface area contributed by atoms with E-state index in [9.17, 15) is 4.79 Å². The van der Waals surface area contributed by atoms with Gasteiger partial charge in [-0.15, -0.1) is 0 Å². The quantitative estimate of drug-likeness (QED) is 0.317. The molecule has 2 aliphatic rings. The van der Waals surface area contributed by atoms with Crippen LogP contribution >= 0.6 is 15.9 Å². The van der Waals surface area contributed by atoms with Gasteiger partial charge in [0.1, 0.15) is 0 Å². The molecule has 2 unspecified atom stereocenters. The number of ketones is 1. The van der Waals surface area contributed by atoms with Crippen LogP contribution < -0.4 is 29.6 Å². The minimum absolute atomic E-state index is 0.000991. The molecule has 2 atom stereocenters. The molecule has 38 heavy (non-hydrogen) atoms. The van der Waals surface area contributed by atoms with Crippen LogP contribution in [0.5, 0.6) is 23.0 Å². The number of halogens is 1. The van der Waals surface area contributed by atoms with E-state index in [0.717, 1.165) is 38.2 Å². The molecule has 7 nitrogen and oxygen atoms in total. The molecule has 0 aromatic heterocycles. The summed E-state index contributed by atoms with van der Waals surface area (Å²) >= 11 is 3.65. The van der Waals surface area contributed by atoms with E-state index < -0.39 is 0 Å². The van der Waals surface area contributed by atoms with E-state index in [-0.39, 0.29) is 17.7 Å². The fourth-order valence-corrected chi connectivity index (χ4v) is 5.85. The standard InChI is InChI=1S/C30H31BrN2O5/c1-5-38-30-20(31)12-19(16-27(30)37-4)29-28-23(32-21-8-6-7-9-22(21)33-29)13-18(14-24(28)34)17-10-11-25(35-2)26(15-17)36-3/h6-12,15-16,18,29,32-33H,5,13-14H2,1-4H3. The second-order valence-corrected chi connectivity index (χ2v) is 10.1. The smallest absolute Gasteiger partial charge is 0.175 e. The molecule has 1 aliphatic carbocycles. The fourth-order valence-electron chi connectivity index (χ4n) is 5.28. The molecule has 1 aliphatic heterocycles. The first-order chi connectivity index (χ1) is 18.5. The molecule has 198 valence electrons. The normalized spacial score (nSPS) is 18.4. The third kappa shape index (κ3) is 4.80. The molecule has 3 aromatic rings. The van der Waals surface area contributed by atoms with Crippen LogP contribution in [0.15, 0.2) is 70.3 Å². The summed E-state index contributed by atoms with van der Waals surface area (Å²) in [7, 11) is 4.86. The lowest BCUT2D eigenvalue weighted by molar-refractivity contribution is -0.116. The molecule has 0 bridgehead atoms. The molecular formula is C30H31BrN2O5. The topological polar surface area (TPSA) is 78.1 Å². The zero-order chi connectivity index (χ0) is 26.8. The maximum absolute atomic E-state index is 13.9. The van der Waals surface area contributed by atoms with E-state index in [2.05, 4.69) is 26.6 Å². The zero-order valence-electron chi connectivity index (χ0n) is 21.9. The predicted octanol–water partition coefficient (Wildman–Crippen LogP) is 6.85. The van der Waals surface area contributed by atoms with Crippen LogP contribution in [0.25, 0.3) is 0 Å². The molecule has 0 amide bonds. The minimum Gasteiger partial charge on any atom is -0.493 e. The maximum atomic E-state index is 13.9. The van der Waals surface area contributed by atoms with E-state index in [1.165, 1.54) is 0 Å². The molecule has 1 heterocycles. The Balaban J connectivity index is 1.60. The number of fused-ring (bicyclic) bond motifs is 1. The van der Waals surface area contributed by atoms with Crippen molar-refractivity contribution >= 4 is 33.1 Å². The molecule has 0 fully saturated rings. The average molecular weight is 579 g/mol. The molecule has 0 saturated heterocycles. The minimum atomic E-state index is -0.374. The van der Waals surface area contributed by atoms with Crippen LogP contribution in [0.1, 0.15) is 42.9 Å². The summed E-state index contributed by atoms with van der Waals surface area (Å²) < 4.78 is 23.2. The van der Waals surface area contributed by atoms with Crippen molar-refractivity contribution in [2.24, 2.45) is 0 Å². The number of anilines is 2. The molecule has 0 spiro atoms. The van der Waals surface area contributed by atoms with Crippen molar-refractivity contribution in [2.45, 2.75) is 31.7 Å². The lowest BCUT2D eigenvalue weighted by Gasteiger charge is -2.30. The highest BCUT2D eigenvalue weighted by Gasteiger charge is 2.37. The second-order valence-electron chi connectivity index (χ2n) is 9.25. The van der Waals surface area contributed by atoms with Gasteiger partial charge in [0.25, 0.3) is 0 Å². The summed E-state index contributed by atoms with van der Waals surface area (Å²) in [6.07, 6.45) is 1.07. The molecule has 0 saturated carbocycles. The van der Waals surface area contributed by atoms with Crippen molar-refractivity contribution < 1.29 is 23.7 Å². The van der Waals surface area contributed by atoms with Gasteiger partial charge in [0.05, 0.1) is 49.8 Å². The number of rotatable bonds is 7. The third-order valence-electron chi connectivity index (χ3n) is 7.06. The predicted molar refractivity (Wildman–Crippen MR) is 152 cm³/mol.